The maximum absolute atomic E-state index is 14.3. The van der Waals surface area contributed by atoms with E-state index in [-0.39, 0.29) is 108 Å². The van der Waals surface area contributed by atoms with E-state index in [1.165, 1.54) is 91.4 Å². The Hall–Kier alpha value is -14.9. The van der Waals surface area contributed by atoms with E-state index >= 15 is 0 Å². The van der Waals surface area contributed by atoms with Crippen LogP contribution in [0, 0.1) is 0 Å². The number of phenolic OH excluding ortho intramolecular Hbond substituents is 2. The number of nitrogens with one attached hydrogen (secondary N) is 3. The fourth-order valence-electron chi connectivity index (χ4n) is 10.3. The van der Waals surface area contributed by atoms with Gasteiger partial charge in [0.1, 0.15) is 45.5 Å². The van der Waals surface area contributed by atoms with Crippen LogP contribution >= 0.6 is 0 Å². The number of alkyl halides is 9. The SMILES string of the molecule is O=C(O)c1cc(O)ccc1/N=N/c1ccc(OC(=O)c2cc(/N=N/c3ccc(-c4cc(O)c(/N=N/c5ccccc5-c5ccnc(Nc6ccc(C(F)(F)F)cc6)n5)cc4C(=O)O)cc3-c3ccnc(Nc4ccc(C(F)(F)F)cc4)n3)cc(C(=O)O)c2O)cc1-c1ccnc(Nc2ccc(C(F)(F)F)cc2)n1. The maximum atomic E-state index is 14.3. The summed E-state index contributed by atoms with van der Waals surface area (Å²) in [6.07, 6.45) is -10.00. The molecule has 0 atom stereocenters. The van der Waals surface area contributed by atoms with Crippen LogP contribution in [-0.4, -0.2) is 84.4 Å². The van der Waals surface area contributed by atoms with E-state index in [2.05, 4.69) is 76.5 Å². The number of carboxylic acids is 3. The van der Waals surface area contributed by atoms with Gasteiger partial charge in [-0.25, -0.2) is 49.1 Å². The lowest BCUT2D eigenvalue weighted by Gasteiger charge is -2.13. The minimum absolute atomic E-state index is 0.0000152. The largest absolute Gasteiger partial charge is 0.508 e. The second-order valence-electron chi connectivity index (χ2n) is 22.7. The molecule has 12 rings (SSSR count). The number of hydrogen-bond donors (Lipinski definition) is 9. The van der Waals surface area contributed by atoms with Gasteiger partial charge in [0.25, 0.3) is 0 Å². The van der Waals surface area contributed by atoms with Gasteiger partial charge < -0.3 is 51.3 Å². The van der Waals surface area contributed by atoms with Crippen LogP contribution < -0.4 is 20.7 Å². The van der Waals surface area contributed by atoms with Gasteiger partial charge >= 0.3 is 42.4 Å². The molecule has 0 aliphatic rings. The number of esters is 1. The molecule has 0 unspecified atom stereocenters. The molecule has 0 aliphatic heterocycles. The van der Waals surface area contributed by atoms with Gasteiger partial charge in [-0.3, -0.25) is 0 Å². The van der Waals surface area contributed by atoms with Crippen molar-refractivity contribution in [1.29, 1.82) is 0 Å². The van der Waals surface area contributed by atoms with Crippen LogP contribution in [0.25, 0.3) is 44.9 Å². The van der Waals surface area contributed by atoms with E-state index in [4.69, 9.17) is 4.74 Å². The highest BCUT2D eigenvalue weighted by Crippen LogP contribution is 2.44. The number of hydrogen-bond acceptors (Lipinski definition) is 23. The predicted molar refractivity (Wildman–Crippen MR) is 368 cm³/mol. The standard InChI is InChI=1S/C73H44F9N15O11/c74-71(75,76)37-6-12-40(13-7-37)86-68-83-26-23-54(89-68)46-3-1-2-4-57(46)94-97-61-34-48(64(101)102)47(35-62(61)99)36-5-20-58(49(29-36)55-24-27-84-69(90-55)87-41-14-8-38(9-15-41)72(77,78)79)93-92-43-30-52(66(105)106)63(100)53(31-43)67(107)108-45-19-22-59(95-96-60-21-18-44(98)32-51(60)65(103)104)50(33-45)56-25-28-85-70(91-56)88-42-16-10-39(11-17-42)73(80,81)82/h1-35,98-100H,(H,101,102)(H,103,104)(H,105,106)(H,83,86,89)(H,84,87,90)(H,85,88,91)/b93-92+,96-95+,97-94+. The molecule has 12 aromatic rings. The predicted octanol–water partition coefficient (Wildman–Crippen LogP) is 19.7. The summed E-state index contributed by atoms with van der Waals surface area (Å²) < 4.78 is 126. The number of ether oxygens (including phenoxy) is 1. The lowest BCUT2D eigenvalue weighted by atomic mass is 9.95. The van der Waals surface area contributed by atoms with Gasteiger partial charge in [-0.05, 0) is 175 Å². The molecule has 35 heteroatoms. The molecule has 540 valence electrons. The normalized spacial score (nSPS) is 11.8. The maximum Gasteiger partial charge on any atom is 0.416 e. The van der Waals surface area contributed by atoms with Crippen LogP contribution in [-0.2, 0) is 18.5 Å². The molecule has 0 radical (unpaired) electrons. The van der Waals surface area contributed by atoms with Crippen molar-refractivity contribution in [3.8, 4) is 67.9 Å². The van der Waals surface area contributed by atoms with Gasteiger partial charge in [0.05, 0.1) is 67.6 Å². The Labute approximate surface area is 599 Å². The molecule has 0 saturated carbocycles. The minimum atomic E-state index is -4.67. The number of phenols is 3. The van der Waals surface area contributed by atoms with Gasteiger partial charge in [0.15, 0.2) is 0 Å². The van der Waals surface area contributed by atoms with Gasteiger partial charge in [-0.1, -0.05) is 24.3 Å². The molecule has 0 fully saturated rings. The zero-order valence-electron chi connectivity index (χ0n) is 54.2. The fraction of sp³-hybridized carbons (Fsp3) is 0.0411. The van der Waals surface area contributed by atoms with Crippen molar-refractivity contribution in [2.75, 3.05) is 16.0 Å². The van der Waals surface area contributed by atoms with Crippen LogP contribution in [0.3, 0.4) is 0 Å². The second kappa shape index (κ2) is 30.2. The number of aromatic carboxylic acids is 3. The number of aromatic hydroxyl groups is 3. The summed E-state index contributed by atoms with van der Waals surface area (Å²) in [6.45, 7) is 0. The number of benzene rings is 9. The number of halogens is 9. The highest BCUT2D eigenvalue weighted by atomic mass is 19.4. The van der Waals surface area contributed by atoms with Gasteiger partial charge in [0, 0.05) is 57.9 Å². The Balaban J connectivity index is 0.879. The summed E-state index contributed by atoms with van der Waals surface area (Å²) in [5, 5.41) is 97.7. The summed E-state index contributed by atoms with van der Waals surface area (Å²) in [4.78, 5) is 78.4. The van der Waals surface area contributed by atoms with Gasteiger partial charge in [0.2, 0.25) is 17.8 Å². The fourth-order valence-corrected chi connectivity index (χ4v) is 10.3. The number of azo groups is 3. The third-order valence-electron chi connectivity index (χ3n) is 15.5. The molecule has 0 spiro atoms. The summed E-state index contributed by atoms with van der Waals surface area (Å²) >= 11 is 0. The monoisotopic (exact) mass is 1480 g/mol. The highest BCUT2D eigenvalue weighted by molar-refractivity contribution is 6.02. The Kier molecular flexibility index (Phi) is 20.4. The third-order valence-corrected chi connectivity index (χ3v) is 15.5. The van der Waals surface area contributed by atoms with Crippen molar-refractivity contribution in [3.63, 3.8) is 0 Å². The van der Waals surface area contributed by atoms with Gasteiger partial charge in [-0.2, -0.15) is 44.6 Å². The summed E-state index contributed by atoms with van der Waals surface area (Å²) in [5.41, 5.74) is -5.37. The summed E-state index contributed by atoms with van der Waals surface area (Å²) in [5.74, 6) is -8.98. The summed E-state index contributed by atoms with van der Waals surface area (Å²) in [6, 6.07) is 37.2. The van der Waals surface area contributed by atoms with E-state index < -0.39 is 104 Å². The molecule has 3 aromatic heterocycles. The molecular formula is C73H44F9N15O11. The number of nitrogens with zero attached hydrogens (tertiary/aromatic N) is 12. The zero-order valence-corrected chi connectivity index (χ0v) is 54.2. The van der Waals surface area contributed by atoms with Crippen LogP contribution in [0.2, 0.25) is 0 Å². The van der Waals surface area contributed by atoms with E-state index in [1.54, 1.807) is 18.2 Å². The van der Waals surface area contributed by atoms with Crippen LogP contribution in [0.15, 0.2) is 243 Å². The Bertz CT molecular complexity index is 5620. The van der Waals surface area contributed by atoms with Crippen LogP contribution in [0.5, 0.6) is 23.0 Å². The Morgan fingerprint density at radius 2 is 0.796 bits per heavy atom. The average molecular weight is 1480 g/mol. The molecule has 0 aliphatic carbocycles. The number of rotatable bonds is 21. The van der Waals surface area contributed by atoms with Crippen molar-refractivity contribution in [1.82, 2.24) is 29.9 Å². The van der Waals surface area contributed by atoms with E-state index in [0.717, 1.165) is 103 Å². The Morgan fingerprint density at radius 1 is 0.370 bits per heavy atom. The van der Waals surface area contributed by atoms with Gasteiger partial charge in [-0.15, -0.1) is 25.6 Å². The molecule has 26 nitrogen and oxygen atoms in total. The van der Waals surface area contributed by atoms with Crippen molar-refractivity contribution in [3.05, 3.63) is 252 Å². The smallest absolute Gasteiger partial charge is 0.416 e. The first kappa shape index (κ1) is 72.8. The van der Waals surface area contributed by atoms with Crippen molar-refractivity contribution >= 4 is 92.9 Å². The molecule has 108 heavy (non-hydrogen) atoms. The zero-order chi connectivity index (χ0) is 76.8. The second-order valence-corrected chi connectivity index (χ2v) is 22.7. The first-order valence-corrected chi connectivity index (χ1v) is 30.9. The van der Waals surface area contributed by atoms with E-state index in [1.807, 2.05) is 0 Å². The molecule has 9 aromatic carbocycles. The lowest BCUT2D eigenvalue weighted by Crippen LogP contribution is -2.11. The molecular weight excluding hydrogens is 1430 g/mol. The number of anilines is 6. The first-order chi connectivity index (χ1) is 51.5. The van der Waals surface area contributed by atoms with E-state index in [9.17, 15) is 89.3 Å². The van der Waals surface area contributed by atoms with Crippen molar-refractivity contribution < 1.29 is 94.1 Å². The molecule has 0 amide bonds. The van der Waals surface area contributed by atoms with Crippen molar-refractivity contribution in [2.45, 2.75) is 18.5 Å². The Morgan fingerprint density at radius 3 is 1.30 bits per heavy atom. The number of aromatic nitrogens is 6. The molecule has 0 saturated heterocycles. The summed E-state index contributed by atoms with van der Waals surface area (Å²) in [7, 11) is 0. The average Bonchev–Trinajstić information content (AvgIpc) is 0.783. The van der Waals surface area contributed by atoms with E-state index in [0.29, 0.717) is 5.56 Å². The van der Waals surface area contributed by atoms with Crippen LogP contribution in [0.1, 0.15) is 58.1 Å². The number of carboxylic acid groups (broad SMARTS) is 3. The third kappa shape index (κ3) is 17.1. The highest BCUT2D eigenvalue weighted by Gasteiger charge is 2.33. The first-order valence-electron chi connectivity index (χ1n) is 30.9. The topological polar surface area (TPSA) is 386 Å². The van der Waals surface area contributed by atoms with Crippen LogP contribution in [0.4, 0.5) is 109 Å². The number of carbonyl (C=O) groups excluding carboxylic acids is 1. The lowest BCUT2D eigenvalue weighted by molar-refractivity contribution is -0.138. The quantitative estimate of drug-likeness (QED) is 0.0140. The number of carbonyl (C=O) groups is 4. The molecule has 9 N–H and O–H groups in total. The van der Waals surface area contributed by atoms with Crippen molar-refractivity contribution in [2.24, 2.45) is 30.7 Å². The molecule has 0 bridgehead atoms. The molecule has 3 heterocycles. The minimum Gasteiger partial charge on any atom is -0.508 e.